The number of rotatable bonds is 6. The third kappa shape index (κ3) is 3.83. The normalized spacial score (nSPS) is 24.8. The molecule has 2 saturated heterocycles. The molecule has 160 valence electrons. The molecule has 3 aromatic rings. The molecule has 0 aliphatic carbocycles. The predicted molar refractivity (Wildman–Crippen MR) is 109 cm³/mol. The molecule has 0 spiro atoms. The Kier molecular flexibility index (Phi) is 5.46. The van der Waals surface area contributed by atoms with E-state index in [9.17, 15) is 4.79 Å². The first-order valence-corrected chi connectivity index (χ1v) is 10.1. The fourth-order valence-corrected chi connectivity index (χ4v) is 4.08. The van der Waals surface area contributed by atoms with E-state index in [-0.39, 0.29) is 31.0 Å². The third-order valence-corrected chi connectivity index (χ3v) is 5.68. The summed E-state index contributed by atoms with van der Waals surface area (Å²) in [4.78, 5) is 11.4. The molecule has 0 saturated carbocycles. The van der Waals surface area contributed by atoms with Crippen LogP contribution in [-0.4, -0.2) is 71.4 Å². The van der Waals surface area contributed by atoms with Crippen LogP contribution in [0.2, 0.25) is 0 Å². The maximum absolute atomic E-state index is 11.4. The summed E-state index contributed by atoms with van der Waals surface area (Å²) in [5, 5.41) is 12.3. The molecule has 9 nitrogen and oxygen atoms in total. The lowest BCUT2D eigenvalue weighted by molar-refractivity contribution is -0.150. The number of nitrogens with zero attached hydrogens (tertiary/aromatic N) is 4. The number of hydrogen-bond donors (Lipinski definition) is 0. The molecule has 5 rings (SSSR count). The monoisotopic (exact) mass is 422 g/mol. The summed E-state index contributed by atoms with van der Waals surface area (Å²) in [5.41, 5.74) is 3.18. The lowest BCUT2D eigenvalue weighted by atomic mass is 10.0. The topological polar surface area (TPSA) is 97.6 Å². The van der Waals surface area contributed by atoms with Gasteiger partial charge >= 0.3 is 5.97 Å². The van der Waals surface area contributed by atoms with Crippen LogP contribution in [-0.2, 0) is 23.7 Å². The van der Waals surface area contributed by atoms with Crippen molar-refractivity contribution in [3.63, 3.8) is 0 Å². The second-order valence-corrected chi connectivity index (χ2v) is 7.48. The van der Waals surface area contributed by atoms with Crippen LogP contribution in [0.4, 0.5) is 0 Å². The van der Waals surface area contributed by atoms with Crippen molar-refractivity contribution in [1.82, 2.24) is 20.2 Å². The minimum atomic E-state index is -0.431. The van der Waals surface area contributed by atoms with E-state index in [4.69, 9.17) is 14.2 Å². The molecule has 31 heavy (non-hydrogen) atoms. The average molecular weight is 422 g/mol. The van der Waals surface area contributed by atoms with Crippen LogP contribution in [0.3, 0.4) is 0 Å². The maximum Gasteiger partial charge on any atom is 0.331 e. The smallest absolute Gasteiger partial charge is 0.331 e. The summed E-state index contributed by atoms with van der Waals surface area (Å²) in [7, 11) is 1.33. The van der Waals surface area contributed by atoms with E-state index in [1.807, 2.05) is 30.3 Å². The summed E-state index contributed by atoms with van der Waals surface area (Å²) in [5.74, 6) is 0.219. The summed E-state index contributed by atoms with van der Waals surface area (Å²) in [6.07, 6.45) is -0.875. The van der Waals surface area contributed by atoms with Crippen molar-refractivity contribution >= 4 is 5.97 Å². The lowest BCUT2D eigenvalue weighted by Gasteiger charge is -2.17. The summed E-state index contributed by atoms with van der Waals surface area (Å²) >= 11 is 0. The maximum atomic E-state index is 11.4. The van der Waals surface area contributed by atoms with Crippen LogP contribution in [0.15, 0.2) is 54.6 Å². The van der Waals surface area contributed by atoms with Gasteiger partial charge in [-0.3, -0.25) is 0 Å². The van der Waals surface area contributed by atoms with E-state index in [1.54, 1.807) is 4.68 Å². The van der Waals surface area contributed by atoms with Gasteiger partial charge in [0.15, 0.2) is 5.82 Å². The minimum absolute atomic E-state index is 0.133. The second-order valence-electron chi connectivity index (χ2n) is 7.48. The molecule has 0 bridgehead atoms. The molecule has 0 N–H and O–H groups in total. The molecule has 0 radical (unpaired) electrons. The van der Waals surface area contributed by atoms with Crippen LogP contribution < -0.4 is 0 Å². The Morgan fingerprint density at radius 2 is 1.71 bits per heavy atom. The van der Waals surface area contributed by atoms with E-state index in [0.717, 1.165) is 16.7 Å². The highest BCUT2D eigenvalue weighted by Gasteiger charge is 2.50. The van der Waals surface area contributed by atoms with E-state index in [1.165, 1.54) is 7.11 Å². The molecule has 9 heteroatoms. The van der Waals surface area contributed by atoms with Crippen LogP contribution in [0.1, 0.15) is 6.04 Å². The highest BCUT2D eigenvalue weighted by Crippen LogP contribution is 2.37. The lowest BCUT2D eigenvalue weighted by Crippen LogP contribution is -2.33. The van der Waals surface area contributed by atoms with Gasteiger partial charge in [-0.05, 0) is 21.6 Å². The van der Waals surface area contributed by atoms with Crippen molar-refractivity contribution in [3.05, 3.63) is 54.6 Å². The van der Waals surface area contributed by atoms with Gasteiger partial charge in [-0.15, -0.1) is 5.10 Å². The summed E-state index contributed by atoms with van der Waals surface area (Å²) in [6, 6.07) is 18.1. The average Bonchev–Trinajstić information content (AvgIpc) is 3.55. The first-order valence-electron chi connectivity index (χ1n) is 10.1. The van der Waals surface area contributed by atoms with Gasteiger partial charge in [0.25, 0.3) is 0 Å². The van der Waals surface area contributed by atoms with Crippen molar-refractivity contribution in [3.8, 4) is 22.5 Å². The van der Waals surface area contributed by atoms with E-state index in [2.05, 4.69) is 44.5 Å². The highest BCUT2D eigenvalue weighted by atomic mass is 16.6. The number of tetrazole rings is 1. The number of aromatic nitrogens is 4. The van der Waals surface area contributed by atoms with Crippen molar-refractivity contribution < 1.29 is 23.7 Å². The van der Waals surface area contributed by atoms with Gasteiger partial charge in [0.05, 0.1) is 20.3 Å². The van der Waals surface area contributed by atoms with Crippen LogP contribution in [0.25, 0.3) is 22.5 Å². The Hall–Kier alpha value is -3.14. The first kappa shape index (κ1) is 19.8. The van der Waals surface area contributed by atoms with Gasteiger partial charge in [-0.2, -0.15) is 0 Å². The fourth-order valence-electron chi connectivity index (χ4n) is 4.08. The van der Waals surface area contributed by atoms with Gasteiger partial charge in [-0.25, -0.2) is 9.48 Å². The Balaban J connectivity index is 1.33. The molecule has 1 aromatic heterocycles. The number of carbonyl (C=O) groups excluding carboxylic acids is 1. The number of hydrogen-bond acceptors (Lipinski definition) is 8. The predicted octanol–water partition coefficient (Wildman–Crippen LogP) is 1.90. The van der Waals surface area contributed by atoms with Crippen molar-refractivity contribution in [1.29, 1.82) is 0 Å². The number of methoxy groups -OCH3 is 1. The summed E-state index contributed by atoms with van der Waals surface area (Å²) < 4.78 is 23.9. The zero-order valence-corrected chi connectivity index (χ0v) is 17.0. The fraction of sp³-hybridized carbons (Fsp3) is 0.364. The van der Waals surface area contributed by atoms with E-state index >= 15 is 0 Å². The van der Waals surface area contributed by atoms with Gasteiger partial charge in [0, 0.05) is 5.56 Å². The summed E-state index contributed by atoms with van der Waals surface area (Å²) in [6.45, 7) is 0.602. The SMILES string of the molecule is COC(=O)COC1COC2C1OCC2n1nnnc1-c1ccc(-c2ccccc2)cc1. The molecular formula is C22H22N4O5. The van der Waals surface area contributed by atoms with Gasteiger partial charge in [0.2, 0.25) is 0 Å². The third-order valence-electron chi connectivity index (χ3n) is 5.68. The first-order chi connectivity index (χ1) is 15.2. The molecule has 2 aliphatic heterocycles. The van der Waals surface area contributed by atoms with Crippen LogP contribution in [0.5, 0.6) is 0 Å². The van der Waals surface area contributed by atoms with Crippen LogP contribution in [0, 0.1) is 0 Å². The van der Waals surface area contributed by atoms with E-state index < -0.39 is 5.97 Å². The van der Waals surface area contributed by atoms with Crippen molar-refractivity contribution in [2.75, 3.05) is 26.9 Å². The highest BCUT2D eigenvalue weighted by molar-refractivity contribution is 5.70. The Morgan fingerprint density at radius 3 is 2.48 bits per heavy atom. The van der Waals surface area contributed by atoms with Gasteiger partial charge in [-0.1, -0.05) is 54.6 Å². The second kappa shape index (κ2) is 8.54. The Labute approximate surface area is 178 Å². The number of benzene rings is 2. The van der Waals surface area contributed by atoms with Crippen molar-refractivity contribution in [2.45, 2.75) is 24.4 Å². The molecule has 2 fully saturated rings. The number of esters is 1. The molecule has 0 amide bonds. The quantitative estimate of drug-likeness (QED) is 0.556. The number of fused-ring (bicyclic) bond motifs is 1. The molecule has 4 atom stereocenters. The van der Waals surface area contributed by atoms with Crippen LogP contribution >= 0.6 is 0 Å². The van der Waals surface area contributed by atoms with Crippen molar-refractivity contribution in [2.24, 2.45) is 0 Å². The Bertz CT molecular complexity index is 1040. The molecule has 3 heterocycles. The Morgan fingerprint density at radius 1 is 1.00 bits per heavy atom. The number of ether oxygens (including phenoxy) is 4. The molecule has 4 unspecified atom stereocenters. The largest absolute Gasteiger partial charge is 0.467 e. The zero-order chi connectivity index (χ0) is 21.2. The molecular weight excluding hydrogens is 400 g/mol. The molecule has 2 aromatic carbocycles. The van der Waals surface area contributed by atoms with Gasteiger partial charge in [0.1, 0.15) is 31.0 Å². The minimum Gasteiger partial charge on any atom is -0.467 e. The zero-order valence-electron chi connectivity index (χ0n) is 17.0. The molecule has 2 aliphatic rings. The standard InChI is InChI=1S/C22H22N4O5/c1-28-19(27)13-29-18-12-31-20-17(11-30-21(18)20)26-22(23-24-25-26)16-9-7-15(8-10-16)14-5-3-2-4-6-14/h2-10,17-18,20-21H,11-13H2,1H3. The van der Waals surface area contributed by atoms with Gasteiger partial charge < -0.3 is 18.9 Å². The number of carbonyl (C=O) groups is 1. The van der Waals surface area contributed by atoms with E-state index in [0.29, 0.717) is 19.0 Å².